The highest BCUT2D eigenvalue weighted by Crippen LogP contribution is 2.17. The van der Waals surface area contributed by atoms with Crippen LogP contribution in [0.5, 0.6) is 0 Å². The molecule has 0 saturated carbocycles. The minimum absolute atomic E-state index is 0.0439. The second kappa shape index (κ2) is 9.65. The highest BCUT2D eigenvalue weighted by atomic mass is 32.2. The number of thioether (sulfide) groups is 1. The van der Waals surface area contributed by atoms with Gasteiger partial charge in [-0.25, -0.2) is 14.5 Å². The summed E-state index contributed by atoms with van der Waals surface area (Å²) in [7, 11) is 0. The van der Waals surface area contributed by atoms with Gasteiger partial charge in [-0.05, 0) is 37.3 Å². The molecule has 30 heavy (non-hydrogen) atoms. The Morgan fingerprint density at radius 3 is 2.63 bits per heavy atom. The Hall–Kier alpha value is -3.73. The molecule has 0 aliphatic heterocycles. The Morgan fingerprint density at radius 1 is 1.20 bits per heavy atom. The van der Waals surface area contributed by atoms with Gasteiger partial charge in [-0.1, -0.05) is 30.0 Å². The van der Waals surface area contributed by atoms with E-state index in [-0.39, 0.29) is 23.4 Å². The minimum Gasteiger partial charge on any atom is -0.334 e. The molecule has 1 amide bonds. The summed E-state index contributed by atoms with van der Waals surface area (Å²) in [6, 6.07) is 12.7. The summed E-state index contributed by atoms with van der Waals surface area (Å²) in [6.45, 7) is 1.47. The number of carbonyl (C=O) groups excluding carboxylic acids is 2. The molecule has 0 aliphatic rings. The zero-order valence-electron chi connectivity index (χ0n) is 15.9. The van der Waals surface area contributed by atoms with Crippen molar-refractivity contribution in [1.29, 1.82) is 0 Å². The van der Waals surface area contributed by atoms with E-state index in [1.165, 1.54) is 19.2 Å². The normalized spacial score (nSPS) is 10.9. The average Bonchev–Trinajstić information content (AvgIpc) is 3.08. The van der Waals surface area contributed by atoms with Gasteiger partial charge in [0.25, 0.3) is 5.95 Å². The molecule has 0 fully saturated rings. The number of nitrogens with two attached hydrogens (primary N) is 1. The Morgan fingerprint density at radius 2 is 1.93 bits per heavy atom. The van der Waals surface area contributed by atoms with Crippen LogP contribution in [-0.4, -0.2) is 38.5 Å². The van der Waals surface area contributed by atoms with Gasteiger partial charge in [0.1, 0.15) is 5.82 Å². The maximum absolute atomic E-state index is 13.6. The van der Waals surface area contributed by atoms with E-state index >= 15 is 0 Å². The van der Waals surface area contributed by atoms with Crippen molar-refractivity contribution in [3.05, 3.63) is 65.5 Å². The summed E-state index contributed by atoms with van der Waals surface area (Å²) in [5, 5.41) is 14.6. The summed E-state index contributed by atoms with van der Waals surface area (Å²) in [5.41, 5.74) is 4.02. The number of Topliss-reactive ketones (excluding diaryl/α,β-unsaturated/α-hetero) is 1. The molecule has 0 saturated heterocycles. The first kappa shape index (κ1) is 21.0. The van der Waals surface area contributed by atoms with Gasteiger partial charge in [0.05, 0.1) is 12.0 Å². The number of benzene rings is 2. The SMILES string of the molecule is CC(=O)c1ccc(NC(=O)CSc2nnc(N/N=C/c3ccccc3F)n2N)cc1. The first-order valence-corrected chi connectivity index (χ1v) is 9.70. The smallest absolute Gasteiger partial charge is 0.264 e. The van der Waals surface area contributed by atoms with Gasteiger partial charge in [-0.3, -0.25) is 9.59 Å². The molecule has 0 aliphatic carbocycles. The average molecular weight is 427 g/mol. The number of ketones is 1. The van der Waals surface area contributed by atoms with Crippen molar-refractivity contribution >= 4 is 41.3 Å². The van der Waals surface area contributed by atoms with Crippen LogP contribution in [0.4, 0.5) is 16.0 Å². The fraction of sp³-hybridized carbons (Fsp3) is 0.105. The number of nitrogens with zero attached hydrogens (tertiary/aromatic N) is 4. The largest absolute Gasteiger partial charge is 0.334 e. The molecule has 3 aromatic rings. The molecule has 9 nitrogen and oxygen atoms in total. The van der Waals surface area contributed by atoms with E-state index in [0.29, 0.717) is 22.0 Å². The Bertz CT molecular complexity index is 1080. The second-order valence-corrected chi connectivity index (χ2v) is 6.98. The van der Waals surface area contributed by atoms with E-state index < -0.39 is 5.82 Å². The fourth-order valence-corrected chi connectivity index (χ4v) is 2.96. The van der Waals surface area contributed by atoms with E-state index in [2.05, 4.69) is 26.0 Å². The number of anilines is 2. The minimum atomic E-state index is -0.407. The number of amides is 1. The van der Waals surface area contributed by atoms with Crippen LogP contribution >= 0.6 is 11.8 Å². The standard InChI is InChI=1S/C19H18FN7O2S/c1-12(28)13-6-8-15(9-7-13)23-17(29)11-30-19-26-25-18(27(19)21)24-22-10-14-4-2-3-5-16(14)20/h2-10H,11,21H2,1H3,(H,23,29)(H,24,25)/b22-10+. The highest BCUT2D eigenvalue weighted by Gasteiger charge is 2.12. The molecule has 11 heteroatoms. The quantitative estimate of drug-likeness (QED) is 0.166. The third-order valence-corrected chi connectivity index (χ3v) is 4.79. The number of hydrogen-bond donors (Lipinski definition) is 3. The number of hydrogen-bond acceptors (Lipinski definition) is 8. The number of hydrazone groups is 1. The summed E-state index contributed by atoms with van der Waals surface area (Å²) in [5.74, 6) is 5.34. The van der Waals surface area contributed by atoms with Crippen LogP contribution < -0.4 is 16.6 Å². The number of halogens is 1. The lowest BCUT2D eigenvalue weighted by atomic mass is 10.1. The van der Waals surface area contributed by atoms with Crippen LogP contribution in [0.25, 0.3) is 0 Å². The van der Waals surface area contributed by atoms with Crippen LogP contribution in [0.3, 0.4) is 0 Å². The zero-order chi connectivity index (χ0) is 21.5. The molecule has 0 spiro atoms. The van der Waals surface area contributed by atoms with Crippen LogP contribution in [0, 0.1) is 5.82 Å². The van der Waals surface area contributed by atoms with Gasteiger partial charge in [0, 0.05) is 16.8 Å². The van der Waals surface area contributed by atoms with E-state index in [1.807, 2.05) is 0 Å². The van der Waals surface area contributed by atoms with Crippen LogP contribution in [0.1, 0.15) is 22.8 Å². The summed E-state index contributed by atoms with van der Waals surface area (Å²) >= 11 is 1.08. The first-order chi connectivity index (χ1) is 14.4. The predicted molar refractivity (Wildman–Crippen MR) is 114 cm³/mol. The lowest BCUT2D eigenvalue weighted by Gasteiger charge is -2.06. The van der Waals surface area contributed by atoms with Gasteiger partial charge >= 0.3 is 0 Å². The van der Waals surface area contributed by atoms with Crippen molar-refractivity contribution in [1.82, 2.24) is 14.9 Å². The van der Waals surface area contributed by atoms with Gasteiger partial charge in [0.2, 0.25) is 11.1 Å². The zero-order valence-corrected chi connectivity index (χ0v) is 16.7. The number of nitrogens with one attached hydrogen (secondary N) is 2. The number of carbonyl (C=O) groups is 2. The molecule has 1 aromatic heterocycles. The van der Waals surface area contributed by atoms with Crippen molar-refractivity contribution in [2.45, 2.75) is 12.1 Å². The molecule has 154 valence electrons. The maximum Gasteiger partial charge on any atom is 0.264 e. The molecule has 2 aromatic carbocycles. The third-order valence-electron chi connectivity index (χ3n) is 3.85. The van der Waals surface area contributed by atoms with Crippen molar-refractivity contribution < 1.29 is 14.0 Å². The van der Waals surface area contributed by atoms with Crippen molar-refractivity contribution in [2.24, 2.45) is 5.10 Å². The number of rotatable bonds is 8. The van der Waals surface area contributed by atoms with Crippen molar-refractivity contribution in [2.75, 3.05) is 22.3 Å². The molecule has 0 radical (unpaired) electrons. The summed E-state index contributed by atoms with van der Waals surface area (Å²) in [4.78, 5) is 23.4. The van der Waals surface area contributed by atoms with Gasteiger partial charge in [-0.15, -0.1) is 10.2 Å². The second-order valence-electron chi connectivity index (χ2n) is 6.04. The third kappa shape index (κ3) is 5.41. The molecule has 0 atom stereocenters. The monoisotopic (exact) mass is 427 g/mol. The molecular formula is C19H18FN7O2S. The molecule has 1 heterocycles. The van der Waals surface area contributed by atoms with Crippen molar-refractivity contribution in [3.63, 3.8) is 0 Å². The van der Waals surface area contributed by atoms with E-state index in [4.69, 9.17) is 5.84 Å². The van der Waals surface area contributed by atoms with E-state index in [0.717, 1.165) is 16.4 Å². The molecular weight excluding hydrogens is 409 g/mol. The lowest BCUT2D eigenvalue weighted by molar-refractivity contribution is -0.113. The Balaban J connectivity index is 1.52. The molecule has 3 rings (SSSR count). The van der Waals surface area contributed by atoms with Gasteiger partial charge < -0.3 is 11.2 Å². The maximum atomic E-state index is 13.6. The van der Waals surface area contributed by atoms with Crippen LogP contribution in [-0.2, 0) is 4.79 Å². The van der Waals surface area contributed by atoms with Gasteiger partial charge in [-0.2, -0.15) is 5.10 Å². The number of nitrogen functional groups attached to an aromatic ring is 1. The predicted octanol–water partition coefficient (Wildman–Crippen LogP) is 2.51. The van der Waals surface area contributed by atoms with Gasteiger partial charge in [0.15, 0.2) is 5.78 Å². The lowest BCUT2D eigenvalue weighted by Crippen LogP contribution is -2.17. The summed E-state index contributed by atoms with van der Waals surface area (Å²) in [6.07, 6.45) is 1.29. The highest BCUT2D eigenvalue weighted by molar-refractivity contribution is 7.99. The molecule has 0 bridgehead atoms. The topological polar surface area (TPSA) is 127 Å². The van der Waals surface area contributed by atoms with E-state index in [9.17, 15) is 14.0 Å². The van der Waals surface area contributed by atoms with Crippen LogP contribution in [0.15, 0.2) is 58.8 Å². The van der Waals surface area contributed by atoms with Crippen LogP contribution in [0.2, 0.25) is 0 Å². The fourth-order valence-electron chi connectivity index (χ4n) is 2.31. The number of aromatic nitrogens is 3. The Labute approximate surface area is 175 Å². The van der Waals surface area contributed by atoms with Crippen molar-refractivity contribution in [3.8, 4) is 0 Å². The summed E-state index contributed by atoms with van der Waals surface area (Å²) < 4.78 is 14.7. The first-order valence-electron chi connectivity index (χ1n) is 8.72. The molecule has 4 N–H and O–H groups in total. The molecule has 0 unspecified atom stereocenters. The Kier molecular flexibility index (Phi) is 6.75. The van der Waals surface area contributed by atoms with E-state index in [1.54, 1.807) is 42.5 Å².